The molecule has 0 aromatic carbocycles. The molecule has 0 fully saturated rings. The Labute approximate surface area is 71.8 Å². The molecule has 0 aromatic heterocycles. The number of hydrogen-bond acceptors (Lipinski definition) is 3. The standard InChI is InChI=1S/C6H16N4S/c1-5(3-4-11-2)9-6(7)10-8/h5H,3-4,8H2,1-2H3,(H3,7,9,10). The van der Waals surface area contributed by atoms with Crippen molar-refractivity contribution in [3.63, 3.8) is 0 Å². The van der Waals surface area contributed by atoms with E-state index in [1.165, 1.54) is 0 Å². The molecule has 5 N–H and O–H groups in total. The van der Waals surface area contributed by atoms with Crippen molar-refractivity contribution in [3.05, 3.63) is 0 Å². The molecular weight excluding hydrogens is 160 g/mol. The van der Waals surface area contributed by atoms with Crippen LogP contribution in [0.2, 0.25) is 0 Å². The summed E-state index contributed by atoms with van der Waals surface area (Å²) in [5, 5.41) is 0. The lowest BCUT2D eigenvalue weighted by atomic mass is 10.3. The van der Waals surface area contributed by atoms with Crippen LogP contribution in [-0.2, 0) is 0 Å². The second-order valence-electron chi connectivity index (χ2n) is 2.29. The molecule has 66 valence electrons. The molecule has 0 spiro atoms. The largest absolute Gasteiger partial charge is 0.369 e. The summed E-state index contributed by atoms with van der Waals surface area (Å²) < 4.78 is 0. The SMILES string of the molecule is CSCCC(C)N=C(N)NN. The smallest absolute Gasteiger partial charge is 0.203 e. The van der Waals surface area contributed by atoms with Crippen molar-refractivity contribution in [3.8, 4) is 0 Å². The van der Waals surface area contributed by atoms with Crippen LogP contribution >= 0.6 is 11.8 Å². The topological polar surface area (TPSA) is 76.4 Å². The lowest BCUT2D eigenvalue weighted by molar-refractivity contribution is 0.715. The summed E-state index contributed by atoms with van der Waals surface area (Å²) in [6.45, 7) is 2.01. The van der Waals surface area contributed by atoms with E-state index >= 15 is 0 Å². The average Bonchev–Trinajstić information content (AvgIpc) is 2.00. The minimum atomic E-state index is 0.249. The maximum absolute atomic E-state index is 5.35. The van der Waals surface area contributed by atoms with Crippen LogP contribution in [0.15, 0.2) is 4.99 Å². The van der Waals surface area contributed by atoms with Gasteiger partial charge in [0, 0.05) is 0 Å². The van der Waals surface area contributed by atoms with Crippen molar-refractivity contribution in [1.82, 2.24) is 5.43 Å². The number of guanidine groups is 1. The van der Waals surface area contributed by atoms with Gasteiger partial charge in [-0.15, -0.1) is 0 Å². The van der Waals surface area contributed by atoms with Crippen molar-refractivity contribution in [1.29, 1.82) is 0 Å². The first-order chi connectivity index (χ1) is 5.20. The number of nitrogens with two attached hydrogens (primary N) is 2. The number of rotatable bonds is 4. The highest BCUT2D eigenvalue weighted by Crippen LogP contribution is 2.02. The fraction of sp³-hybridized carbons (Fsp3) is 0.833. The highest BCUT2D eigenvalue weighted by Gasteiger charge is 1.98. The number of aliphatic imine (C=N–C) groups is 1. The molecule has 0 aliphatic heterocycles. The van der Waals surface area contributed by atoms with Crippen molar-refractivity contribution >= 4 is 17.7 Å². The summed E-state index contributed by atoms with van der Waals surface area (Å²) in [4.78, 5) is 4.08. The summed E-state index contributed by atoms with van der Waals surface area (Å²) >= 11 is 1.80. The third kappa shape index (κ3) is 6.00. The quantitative estimate of drug-likeness (QED) is 0.242. The van der Waals surface area contributed by atoms with Crippen LogP contribution in [0.5, 0.6) is 0 Å². The Morgan fingerprint density at radius 1 is 1.73 bits per heavy atom. The zero-order valence-electron chi connectivity index (χ0n) is 7.00. The minimum Gasteiger partial charge on any atom is -0.369 e. The molecule has 0 radical (unpaired) electrons. The normalized spacial score (nSPS) is 14.6. The molecule has 11 heavy (non-hydrogen) atoms. The predicted molar refractivity (Wildman–Crippen MR) is 51.4 cm³/mol. The molecule has 0 aliphatic rings. The molecule has 0 bridgehead atoms. The highest BCUT2D eigenvalue weighted by atomic mass is 32.2. The molecule has 1 atom stereocenters. The summed E-state index contributed by atoms with van der Waals surface area (Å²) in [5.41, 5.74) is 7.65. The van der Waals surface area contributed by atoms with Crippen LogP contribution in [-0.4, -0.2) is 24.0 Å². The van der Waals surface area contributed by atoms with Gasteiger partial charge in [-0.05, 0) is 25.4 Å². The van der Waals surface area contributed by atoms with Gasteiger partial charge in [0.25, 0.3) is 0 Å². The average molecular weight is 176 g/mol. The molecule has 0 rings (SSSR count). The fourth-order valence-electron chi connectivity index (χ4n) is 0.628. The molecule has 1 unspecified atom stereocenters. The van der Waals surface area contributed by atoms with Gasteiger partial charge < -0.3 is 5.73 Å². The van der Waals surface area contributed by atoms with E-state index in [1.807, 2.05) is 6.92 Å². The first-order valence-electron chi connectivity index (χ1n) is 3.49. The zero-order valence-corrected chi connectivity index (χ0v) is 7.82. The van der Waals surface area contributed by atoms with E-state index in [2.05, 4.69) is 16.7 Å². The van der Waals surface area contributed by atoms with Crippen LogP contribution in [0, 0.1) is 0 Å². The van der Waals surface area contributed by atoms with E-state index in [4.69, 9.17) is 11.6 Å². The van der Waals surface area contributed by atoms with Gasteiger partial charge in [0.05, 0.1) is 6.04 Å². The Morgan fingerprint density at radius 2 is 2.36 bits per heavy atom. The Morgan fingerprint density at radius 3 is 2.82 bits per heavy atom. The molecule has 0 heterocycles. The molecule has 4 nitrogen and oxygen atoms in total. The monoisotopic (exact) mass is 176 g/mol. The van der Waals surface area contributed by atoms with Gasteiger partial charge in [-0.25, -0.2) is 10.8 Å². The van der Waals surface area contributed by atoms with E-state index in [9.17, 15) is 0 Å². The third-order valence-electron chi connectivity index (χ3n) is 1.25. The van der Waals surface area contributed by atoms with Crippen molar-refractivity contribution < 1.29 is 0 Å². The fourth-order valence-corrected chi connectivity index (χ4v) is 1.20. The maximum atomic E-state index is 5.35. The summed E-state index contributed by atoms with van der Waals surface area (Å²) in [6, 6.07) is 0.249. The summed E-state index contributed by atoms with van der Waals surface area (Å²) in [7, 11) is 0. The van der Waals surface area contributed by atoms with Crippen LogP contribution in [0.4, 0.5) is 0 Å². The Bertz CT molecular complexity index is 126. The number of nitrogens with one attached hydrogen (secondary N) is 1. The second-order valence-corrected chi connectivity index (χ2v) is 3.27. The van der Waals surface area contributed by atoms with Gasteiger partial charge in [0.1, 0.15) is 0 Å². The van der Waals surface area contributed by atoms with Gasteiger partial charge in [-0.2, -0.15) is 11.8 Å². The zero-order chi connectivity index (χ0) is 8.69. The van der Waals surface area contributed by atoms with Crippen LogP contribution in [0.3, 0.4) is 0 Å². The van der Waals surface area contributed by atoms with Gasteiger partial charge in [-0.1, -0.05) is 0 Å². The lowest BCUT2D eigenvalue weighted by Crippen LogP contribution is -2.37. The highest BCUT2D eigenvalue weighted by molar-refractivity contribution is 7.98. The Balaban J connectivity index is 3.57. The molecule has 0 aromatic rings. The van der Waals surface area contributed by atoms with E-state index in [0.29, 0.717) is 5.96 Å². The van der Waals surface area contributed by atoms with Crippen LogP contribution in [0.1, 0.15) is 13.3 Å². The maximum Gasteiger partial charge on any atom is 0.203 e. The van der Waals surface area contributed by atoms with E-state index in [0.717, 1.165) is 12.2 Å². The van der Waals surface area contributed by atoms with Crippen LogP contribution < -0.4 is 17.0 Å². The lowest BCUT2D eigenvalue weighted by Gasteiger charge is -2.05. The van der Waals surface area contributed by atoms with Gasteiger partial charge >= 0.3 is 0 Å². The number of nitrogens with zero attached hydrogens (tertiary/aromatic N) is 1. The molecule has 0 saturated carbocycles. The number of hydrazine groups is 1. The summed E-state index contributed by atoms with van der Waals surface area (Å²) in [6.07, 6.45) is 3.10. The first-order valence-corrected chi connectivity index (χ1v) is 4.89. The number of hydrogen-bond donors (Lipinski definition) is 3. The van der Waals surface area contributed by atoms with E-state index in [1.54, 1.807) is 11.8 Å². The molecule has 0 amide bonds. The molecule has 0 aliphatic carbocycles. The van der Waals surface area contributed by atoms with Gasteiger partial charge in [-0.3, -0.25) is 5.43 Å². The molecular formula is C6H16N4S. The molecule has 5 heteroatoms. The minimum absolute atomic E-state index is 0.249. The summed E-state index contributed by atoms with van der Waals surface area (Å²) in [5.74, 6) is 6.44. The van der Waals surface area contributed by atoms with Crippen molar-refractivity contribution in [2.75, 3.05) is 12.0 Å². The van der Waals surface area contributed by atoms with E-state index < -0.39 is 0 Å². The van der Waals surface area contributed by atoms with Gasteiger partial charge in [0.2, 0.25) is 5.96 Å². The Hall–Kier alpha value is -0.420. The molecule has 0 saturated heterocycles. The van der Waals surface area contributed by atoms with E-state index in [-0.39, 0.29) is 6.04 Å². The third-order valence-corrected chi connectivity index (χ3v) is 1.89. The Kier molecular flexibility index (Phi) is 6.06. The second kappa shape index (κ2) is 6.30. The van der Waals surface area contributed by atoms with Crippen LogP contribution in [0.25, 0.3) is 0 Å². The predicted octanol–water partition coefficient (Wildman–Crippen LogP) is -0.0940. The van der Waals surface area contributed by atoms with Crippen molar-refractivity contribution in [2.45, 2.75) is 19.4 Å². The van der Waals surface area contributed by atoms with Gasteiger partial charge in [0.15, 0.2) is 0 Å². The van der Waals surface area contributed by atoms with Crippen molar-refractivity contribution in [2.24, 2.45) is 16.6 Å². The number of thioether (sulfide) groups is 1. The first kappa shape index (κ1) is 10.6.